The van der Waals surface area contributed by atoms with E-state index in [1.54, 1.807) is 29.9 Å². The third-order valence-corrected chi connectivity index (χ3v) is 4.63. The van der Waals surface area contributed by atoms with E-state index in [0.29, 0.717) is 36.2 Å². The highest BCUT2D eigenvalue weighted by atomic mass is 19.1. The zero-order valence-corrected chi connectivity index (χ0v) is 11.5. The number of alkyl halides is 1. The van der Waals surface area contributed by atoms with E-state index in [4.69, 9.17) is 5.26 Å². The minimum atomic E-state index is -1.04. The minimum Gasteiger partial charge on any atom is -0.345 e. The lowest BCUT2D eigenvalue weighted by atomic mass is 9.47. The molecule has 0 spiro atoms. The molecule has 0 atom stereocenters. The summed E-state index contributed by atoms with van der Waals surface area (Å²) < 4.78 is 15.2. The van der Waals surface area contributed by atoms with Gasteiger partial charge >= 0.3 is 0 Å². The van der Waals surface area contributed by atoms with Crippen LogP contribution in [0.15, 0.2) is 18.3 Å². The van der Waals surface area contributed by atoms with Crippen molar-refractivity contribution in [2.24, 2.45) is 7.05 Å². The number of amides is 1. The standard InChI is InChI=1S/C15H13FN4O/c1-20-11(4-9-2-3-18-10(5-17)12(9)20)13(21)19-15-6-14(16,7-15)8-15/h2-4H,6-8H2,1H3,(H,19,21). The van der Waals surface area contributed by atoms with Gasteiger partial charge in [-0.2, -0.15) is 5.26 Å². The maximum Gasteiger partial charge on any atom is 0.268 e. The number of carbonyl (C=O) groups excluding carboxylic acids is 1. The number of hydrogen-bond acceptors (Lipinski definition) is 3. The lowest BCUT2D eigenvalue weighted by molar-refractivity contribution is -0.162. The molecule has 2 aromatic heterocycles. The Kier molecular flexibility index (Phi) is 2.12. The van der Waals surface area contributed by atoms with Crippen LogP contribution in [-0.2, 0) is 7.05 Å². The van der Waals surface area contributed by atoms with Gasteiger partial charge in [0.2, 0.25) is 0 Å². The van der Waals surface area contributed by atoms with E-state index in [1.807, 2.05) is 6.07 Å². The molecule has 0 saturated heterocycles. The van der Waals surface area contributed by atoms with Crippen molar-refractivity contribution in [1.29, 1.82) is 5.26 Å². The van der Waals surface area contributed by atoms with Crippen molar-refractivity contribution in [3.63, 3.8) is 0 Å². The second-order valence-corrected chi connectivity index (χ2v) is 6.21. The van der Waals surface area contributed by atoms with E-state index < -0.39 is 5.67 Å². The summed E-state index contributed by atoms with van der Waals surface area (Å²) in [5, 5.41) is 12.8. The highest BCUT2D eigenvalue weighted by molar-refractivity contribution is 6.00. The van der Waals surface area contributed by atoms with Crippen LogP contribution >= 0.6 is 0 Å². The summed E-state index contributed by atoms with van der Waals surface area (Å²) in [4.78, 5) is 16.4. The highest BCUT2D eigenvalue weighted by Crippen LogP contribution is 2.62. The van der Waals surface area contributed by atoms with Crippen LogP contribution in [0.3, 0.4) is 0 Å². The van der Waals surface area contributed by atoms with Gasteiger partial charge in [0, 0.05) is 43.4 Å². The first-order chi connectivity index (χ1) is 9.95. The predicted molar refractivity (Wildman–Crippen MR) is 73.3 cm³/mol. The molecule has 6 heteroatoms. The molecule has 0 aromatic carbocycles. The van der Waals surface area contributed by atoms with Gasteiger partial charge in [0.15, 0.2) is 5.69 Å². The average Bonchev–Trinajstić information content (AvgIpc) is 2.73. The lowest BCUT2D eigenvalue weighted by Gasteiger charge is -2.65. The normalized spacial score (nSPS) is 29.4. The van der Waals surface area contributed by atoms with Crippen molar-refractivity contribution < 1.29 is 9.18 Å². The molecule has 3 saturated carbocycles. The zero-order valence-electron chi connectivity index (χ0n) is 11.5. The number of nitrogens with one attached hydrogen (secondary N) is 1. The summed E-state index contributed by atoms with van der Waals surface area (Å²) in [5.74, 6) is -0.223. The molecule has 3 aliphatic rings. The Labute approximate surface area is 120 Å². The number of fused-ring (bicyclic) bond motifs is 1. The number of pyridine rings is 1. The monoisotopic (exact) mass is 284 g/mol. The van der Waals surface area contributed by atoms with Crippen molar-refractivity contribution in [3.8, 4) is 6.07 Å². The molecule has 3 fully saturated rings. The van der Waals surface area contributed by atoms with E-state index in [2.05, 4.69) is 10.3 Å². The summed E-state index contributed by atoms with van der Waals surface area (Å²) in [5.41, 5.74) is 0.0157. The number of aromatic nitrogens is 2. The number of hydrogen-bond donors (Lipinski definition) is 1. The van der Waals surface area contributed by atoms with Gasteiger partial charge in [0.1, 0.15) is 17.4 Å². The first-order valence-electron chi connectivity index (χ1n) is 6.81. The number of nitriles is 1. The molecule has 0 radical (unpaired) electrons. The van der Waals surface area contributed by atoms with Crippen molar-refractivity contribution in [1.82, 2.24) is 14.9 Å². The van der Waals surface area contributed by atoms with Gasteiger partial charge in [-0.3, -0.25) is 4.79 Å². The summed E-state index contributed by atoms with van der Waals surface area (Å²) >= 11 is 0. The van der Waals surface area contributed by atoms with Gasteiger partial charge in [-0.25, -0.2) is 9.37 Å². The number of aryl methyl sites for hydroxylation is 1. The molecule has 2 bridgehead atoms. The van der Waals surface area contributed by atoms with Crippen molar-refractivity contribution in [2.75, 3.05) is 0 Å². The molecule has 0 aliphatic heterocycles. The van der Waals surface area contributed by atoms with Crippen LogP contribution in [0, 0.1) is 11.3 Å². The zero-order chi connectivity index (χ0) is 14.8. The molecule has 0 unspecified atom stereocenters. The summed E-state index contributed by atoms with van der Waals surface area (Å²) in [7, 11) is 1.73. The van der Waals surface area contributed by atoms with Crippen LogP contribution < -0.4 is 5.32 Å². The largest absolute Gasteiger partial charge is 0.345 e. The lowest BCUT2D eigenvalue weighted by Crippen LogP contribution is -2.76. The molecule has 2 heterocycles. The van der Waals surface area contributed by atoms with Crippen LogP contribution in [0.5, 0.6) is 0 Å². The van der Waals surface area contributed by atoms with Crippen LogP contribution in [0.1, 0.15) is 35.4 Å². The van der Waals surface area contributed by atoms with Crippen molar-refractivity contribution in [3.05, 3.63) is 29.7 Å². The second-order valence-electron chi connectivity index (χ2n) is 6.21. The van der Waals surface area contributed by atoms with Gasteiger partial charge < -0.3 is 9.88 Å². The Hall–Kier alpha value is -2.42. The number of halogens is 1. The van der Waals surface area contributed by atoms with Crippen molar-refractivity contribution >= 4 is 16.8 Å². The summed E-state index contributed by atoms with van der Waals surface area (Å²) in [6.07, 6.45) is 2.80. The van der Waals surface area contributed by atoms with Crippen LogP contribution in [0.4, 0.5) is 4.39 Å². The predicted octanol–water partition coefficient (Wildman–Crippen LogP) is 1.82. The van der Waals surface area contributed by atoms with Gasteiger partial charge in [-0.15, -0.1) is 0 Å². The number of carbonyl (C=O) groups is 1. The first-order valence-corrected chi connectivity index (χ1v) is 6.81. The fraction of sp³-hybridized carbons (Fsp3) is 0.400. The molecule has 1 amide bonds. The average molecular weight is 284 g/mol. The van der Waals surface area contributed by atoms with Gasteiger partial charge in [0.25, 0.3) is 5.91 Å². The topological polar surface area (TPSA) is 70.7 Å². The van der Waals surface area contributed by atoms with Crippen molar-refractivity contribution in [2.45, 2.75) is 30.5 Å². The molecule has 5 rings (SSSR count). The van der Waals surface area contributed by atoms with Gasteiger partial charge in [-0.1, -0.05) is 0 Å². The quantitative estimate of drug-likeness (QED) is 0.914. The SMILES string of the molecule is Cn1c(C(=O)NC23CC(F)(C2)C3)cc2ccnc(C#N)c21. The fourth-order valence-electron chi connectivity index (χ4n) is 3.70. The van der Waals surface area contributed by atoms with Crippen LogP contribution in [-0.4, -0.2) is 26.7 Å². The van der Waals surface area contributed by atoms with Crippen LogP contribution in [0.2, 0.25) is 0 Å². The Balaban J connectivity index is 1.69. The van der Waals surface area contributed by atoms with E-state index in [9.17, 15) is 9.18 Å². The molecule has 106 valence electrons. The summed E-state index contributed by atoms with van der Waals surface area (Å²) in [6.45, 7) is 0. The van der Waals surface area contributed by atoms with Gasteiger partial charge in [-0.05, 0) is 12.1 Å². The fourth-order valence-corrected chi connectivity index (χ4v) is 3.70. The maximum absolute atomic E-state index is 13.5. The Bertz CT molecular complexity index is 812. The Morgan fingerprint density at radius 3 is 2.86 bits per heavy atom. The van der Waals surface area contributed by atoms with Crippen LogP contribution in [0.25, 0.3) is 10.9 Å². The maximum atomic E-state index is 13.5. The molecule has 21 heavy (non-hydrogen) atoms. The molecule has 3 aliphatic carbocycles. The minimum absolute atomic E-state index is 0.223. The smallest absolute Gasteiger partial charge is 0.268 e. The molecular formula is C15H13FN4O. The molecule has 2 aromatic rings. The van der Waals surface area contributed by atoms with Gasteiger partial charge in [0.05, 0.1) is 5.52 Å². The van der Waals surface area contributed by atoms with E-state index in [0.717, 1.165) is 5.39 Å². The highest BCUT2D eigenvalue weighted by Gasteiger charge is 2.69. The Morgan fingerprint density at radius 1 is 1.52 bits per heavy atom. The third kappa shape index (κ3) is 1.54. The second kappa shape index (κ2) is 3.61. The van der Waals surface area contributed by atoms with E-state index in [1.165, 1.54) is 0 Å². The Morgan fingerprint density at radius 2 is 2.24 bits per heavy atom. The van der Waals surface area contributed by atoms with E-state index >= 15 is 0 Å². The summed E-state index contributed by atoms with van der Waals surface area (Å²) in [6, 6.07) is 5.54. The first kappa shape index (κ1) is 12.3. The molecule has 1 N–H and O–H groups in total. The number of nitrogens with zero attached hydrogens (tertiary/aromatic N) is 3. The third-order valence-electron chi connectivity index (χ3n) is 4.63. The molecular weight excluding hydrogens is 271 g/mol. The number of rotatable bonds is 2. The molecule has 5 nitrogen and oxygen atoms in total. The van der Waals surface area contributed by atoms with E-state index in [-0.39, 0.29) is 11.4 Å².